The number of carbonyl (C=O) groups excluding carboxylic acids is 1. The number of amides is 1. The Balaban J connectivity index is 2.62. The predicted molar refractivity (Wildman–Crippen MR) is 62.9 cm³/mol. The summed E-state index contributed by atoms with van der Waals surface area (Å²) < 4.78 is 0. The number of carbonyl (C=O) groups is 1. The zero-order valence-corrected chi connectivity index (χ0v) is 9.45. The molecule has 0 fully saturated rings. The number of rotatable bonds is 4. The van der Waals surface area contributed by atoms with Gasteiger partial charge in [-0.25, -0.2) is 0 Å². The van der Waals surface area contributed by atoms with E-state index in [4.69, 9.17) is 5.26 Å². The third-order valence-corrected chi connectivity index (χ3v) is 2.33. The third-order valence-electron chi connectivity index (χ3n) is 2.33. The molecule has 16 heavy (non-hydrogen) atoms. The van der Waals surface area contributed by atoms with E-state index in [1.54, 1.807) is 26.1 Å². The second-order valence-corrected chi connectivity index (χ2v) is 3.53. The number of benzene rings is 1. The lowest BCUT2D eigenvalue weighted by atomic mass is 10.1. The van der Waals surface area contributed by atoms with Crippen LogP contribution in [0.3, 0.4) is 0 Å². The van der Waals surface area contributed by atoms with Gasteiger partial charge in [-0.1, -0.05) is 12.1 Å². The van der Waals surface area contributed by atoms with Gasteiger partial charge in [0.1, 0.15) is 0 Å². The van der Waals surface area contributed by atoms with Crippen LogP contribution in [0.5, 0.6) is 0 Å². The minimum atomic E-state index is -0.223. The van der Waals surface area contributed by atoms with Crippen molar-refractivity contribution in [1.82, 2.24) is 5.32 Å². The van der Waals surface area contributed by atoms with Gasteiger partial charge < -0.3 is 10.6 Å². The Morgan fingerprint density at radius 3 is 2.56 bits per heavy atom. The number of likely N-dealkylation sites (N-methyl/N-ethyl adjacent to an activating group) is 1. The van der Waals surface area contributed by atoms with Gasteiger partial charge >= 0.3 is 0 Å². The minimum Gasteiger partial charge on any atom is -0.325 e. The number of nitrogens with one attached hydrogen (secondary N) is 2. The van der Waals surface area contributed by atoms with Crippen molar-refractivity contribution in [2.45, 2.75) is 19.4 Å². The number of nitriles is 1. The fourth-order valence-corrected chi connectivity index (χ4v) is 1.18. The number of hydrogen-bond donors (Lipinski definition) is 2. The van der Waals surface area contributed by atoms with Crippen molar-refractivity contribution in [2.24, 2.45) is 0 Å². The Morgan fingerprint density at radius 1 is 1.44 bits per heavy atom. The Bertz CT molecular complexity index is 392. The van der Waals surface area contributed by atoms with Crippen molar-refractivity contribution < 1.29 is 4.79 Å². The van der Waals surface area contributed by atoms with E-state index in [2.05, 4.69) is 16.7 Å². The molecule has 0 aliphatic carbocycles. The summed E-state index contributed by atoms with van der Waals surface area (Å²) in [6.07, 6.45) is 0.390. The van der Waals surface area contributed by atoms with Crippen LogP contribution in [0.4, 0.5) is 5.69 Å². The van der Waals surface area contributed by atoms with Crippen LogP contribution in [-0.2, 0) is 11.2 Å². The molecule has 4 heteroatoms. The van der Waals surface area contributed by atoms with Gasteiger partial charge in [-0.15, -0.1) is 0 Å². The van der Waals surface area contributed by atoms with Crippen LogP contribution < -0.4 is 10.6 Å². The fraction of sp³-hybridized carbons (Fsp3) is 0.333. The highest BCUT2D eigenvalue weighted by molar-refractivity contribution is 5.94. The monoisotopic (exact) mass is 217 g/mol. The first-order valence-electron chi connectivity index (χ1n) is 5.11. The van der Waals surface area contributed by atoms with Gasteiger partial charge in [0.25, 0.3) is 0 Å². The van der Waals surface area contributed by atoms with Crippen molar-refractivity contribution in [3.05, 3.63) is 29.8 Å². The number of anilines is 1. The van der Waals surface area contributed by atoms with E-state index in [0.717, 1.165) is 11.3 Å². The van der Waals surface area contributed by atoms with Gasteiger partial charge in [0.15, 0.2) is 0 Å². The highest BCUT2D eigenvalue weighted by Crippen LogP contribution is 2.10. The first-order valence-corrected chi connectivity index (χ1v) is 5.11. The van der Waals surface area contributed by atoms with Gasteiger partial charge in [0, 0.05) is 5.69 Å². The third kappa shape index (κ3) is 3.37. The topological polar surface area (TPSA) is 64.9 Å². The fourth-order valence-electron chi connectivity index (χ4n) is 1.18. The van der Waals surface area contributed by atoms with E-state index in [9.17, 15) is 4.79 Å². The highest BCUT2D eigenvalue weighted by Gasteiger charge is 2.09. The summed E-state index contributed by atoms with van der Waals surface area (Å²) in [4.78, 5) is 11.5. The lowest BCUT2D eigenvalue weighted by Crippen LogP contribution is -2.35. The summed E-state index contributed by atoms with van der Waals surface area (Å²) in [6.45, 7) is 1.79. The normalized spacial score (nSPS) is 11.6. The molecule has 0 aromatic heterocycles. The van der Waals surface area contributed by atoms with Crippen molar-refractivity contribution in [1.29, 1.82) is 5.26 Å². The molecular formula is C12H15N3O. The quantitative estimate of drug-likeness (QED) is 0.799. The zero-order valence-electron chi connectivity index (χ0n) is 9.45. The molecule has 0 saturated heterocycles. The van der Waals surface area contributed by atoms with Gasteiger partial charge in [-0.05, 0) is 31.7 Å². The van der Waals surface area contributed by atoms with E-state index in [-0.39, 0.29) is 11.9 Å². The molecule has 0 saturated carbocycles. The van der Waals surface area contributed by atoms with Crippen LogP contribution in [-0.4, -0.2) is 19.0 Å². The highest BCUT2D eigenvalue weighted by atomic mass is 16.2. The maximum absolute atomic E-state index is 11.5. The van der Waals surface area contributed by atoms with Crippen LogP contribution >= 0.6 is 0 Å². The molecule has 1 unspecified atom stereocenters. The Kier molecular flexibility index (Phi) is 4.49. The Hall–Kier alpha value is -1.86. The summed E-state index contributed by atoms with van der Waals surface area (Å²) in [5, 5.41) is 14.2. The molecule has 2 N–H and O–H groups in total. The molecule has 1 amide bonds. The van der Waals surface area contributed by atoms with Crippen molar-refractivity contribution in [2.75, 3.05) is 12.4 Å². The first-order chi connectivity index (χ1) is 7.67. The molecule has 0 radical (unpaired) electrons. The zero-order chi connectivity index (χ0) is 12.0. The Labute approximate surface area is 95.3 Å². The second kappa shape index (κ2) is 5.89. The number of hydrogen-bond acceptors (Lipinski definition) is 3. The van der Waals surface area contributed by atoms with Crippen molar-refractivity contribution >= 4 is 11.6 Å². The lowest BCUT2D eigenvalue weighted by Gasteiger charge is -2.11. The van der Waals surface area contributed by atoms with Crippen LogP contribution in [0.25, 0.3) is 0 Å². The van der Waals surface area contributed by atoms with Crippen molar-refractivity contribution in [3.8, 4) is 6.07 Å². The molecule has 4 nitrogen and oxygen atoms in total. The maximum Gasteiger partial charge on any atom is 0.241 e. The molecule has 1 aromatic rings. The van der Waals surface area contributed by atoms with E-state index >= 15 is 0 Å². The second-order valence-electron chi connectivity index (χ2n) is 3.53. The van der Waals surface area contributed by atoms with Crippen LogP contribution in [0.15, 0.2) is 24.3 Å². The molecule has 1 rings (SSSR count). The summed E-state index contributed by atoms with van der Waals surface area (Å²) in [7, 11) is 1.74. The summed E-state index contributed by atoms with van der Waals surface area (Å²) in [5.74, 6) is -0.0736. The molecule has 1 aromatic carbocycles. The molecule has 0 heterocycles. The largest absolute Gasteiger partial charge is 0.325 e. The molecule has 0 spiro atoms. The van der Waals surface area contributed by atoms with E-state index in [0.29, 0.717) is 6.42 Å². The Morgan fingerprint density at radius 2 is 2.06 bits per heavy atom. The maximum atomic E-state index is 11.5. The SMILES string of the molecule is CNC(C)C(=O)Nc1ccc(CC#N)cc1. The summed E-state index contributed by atoms with van der Waals surface area (Å²) in [5.41, 5.74) is 1.69. The van der Waals surface area contributed by atoms with E-state index < -0.39 is 0 Å². The lowest BCUT2D eigenvalue weighted by molar-refractivity contribution is -0.117. The number of nitrogens with zero attached hydrogens (tertiary/aromatic N) is 1. The smallest absolute Gasteiger partial charge is 0.241 e. The summed E-state index contributed by atoms with van der Waals surface area (Å²) in [6, 6.07) is 9.12. The molecule has 1 atom stereocenters. The predicted octanol–water partition coefficient (Wildman–Crippen LogP) is 1.30. The van der Waals surface area contributed by atoms with E-state index in [1.165, 1.54) is 0 Å². The molecule has 0 bridgehead atoms. The van der Waals surface area contributed by atoms with Crippen LogP contribution in [0, 0.1) is 11.3 Å². The van der Waals surface area contributed by atoms with Gasteiger partial charge in [0.05, 0.1) is 18.5 Å². The first kappa shape index (κ1) is 12.2. The molecule has 0 aliphatic rings. The van der Waals surface area contributed by atoms with Crippen LogP contribution in [0.1, 0.15) is 12.5 Å². The van der Waals surface area contributed by atoms with Crippen molar-refractivity contribution in [3.63, 3.8) is 0 Å². The van der Waals surface area contributed by atoms with Gasteiger partial charge in [-0.2, -0.15) is 5.26 Å². The van der Waals surface area contributed by atoms with Crippen LogP contribution in [0.2, 0.25) is 0 Å². The standard InChI is InChI=1S/C12H15N3O/c1-9(14-2)12(16)15-11-5-3-10(4-6-11)7-8-13/h3-6,9,14H,7H2,1-2H3,(H,15,16). The minimum absolute atomic E-state index is 0.0736. The van der Waals surface area contributed by atoms with Gasteiger partial charge in [0.2, 0.25) is 5.91 Å². The average molecular weight is 217 g/mol. The molecule has 84 valence electrons. The van der Waals surface area contributed by atoms with Gasteiger partial charge in [-0.3, -0.25) is 4.79 Å². The average Bonchev–Trinajstić information content (AvgIpc) is 2.31. The molecule has 0 aliphatic heterocycles. The van der Waals surface area contributed by atoms with E-state index in [1.807, 2.05) is 12.1 Å². The summed E-state index contributed by atoms with van der Waals surface area (Å²) >= 11 is 0. The molecular weight excluding hydrogens is 202 g/mol.